The zero-order valence-corrected chi connectivity index (χ0v) is 14.9. The first-order valence-electron chi connectivity index (χ1n) is 8.44. The molecule has 134 valence electrons. The van der Waals surface area contributed by atoms with Crippen molar-refractivity contribution >= 4 is 0 Å². The third-order valence-electron chi connectivity index (χ3n) is 2.63. The van der Waals surface area contributed by atoms with Crippen molar-refractivity contribution in [2.45, 2.75) is 75.7 Å². The van der Waals surface area contributed by atoms with Gasteiger partial charge in [-0.05, 0) is 24.0 Å². The van der Waals surface area contributed by atoms with Gasteiger partial charge < -0.3 is 0 Å². The SMILES string of the molecule is C.C.CC.CC.CCCc1ccccc1.CCc1ccccc1. The van der Waals surface area contributed by atoms with Gasteiger partial charge in [-0.3, -0.25) is 0 Å². The Morgan fingerprint density at radius 3 is 1.17 bits per heavy atom. The van der Waals surface area contributed by atoms with E-state index in [1.165, 1.54) is 24.0 Å². The Morgan fingerprint density at radius 2 is 0.913 bits per heavy atom. The fraction of sp³-hybridized carbons (Fsp3) is 0.478. The lowest BCUT2D eigenvalue weighted by Crippen LogP contribution is -1.78. The maximum atomic E-state index is 2.20. The number of hydrogen-bond donors (Lipinski definition) is 0. The van der Waals surface area contributed by atoms with Crippen LogP contribution in [0.1, 0.15) is 73.9 Å². The monoisotopic (exact) mass is 318 g/mol. The molecule has 0 atom stereocenters. The Labute approximate surface area is 148 Å². The minimum Gasteiger partial charge on any atom is -0.0776 e. The van der Waals surface area contributed by atoms with Gasteiger partial charge >= 0.3 is 0 Å². The van der Waals surface area contributed by atoms with E-state index in [0.29, 0.717) is 0 Å². The van der Waals surface area contributed by atoms with Crippen LogP contribution in [-0.4, -0.2) is 0 Å². The highest BCUT2D eigenvalue weighted by Gasteiger charge is 1.84. The summed E-state index contributed by atoms with van der Waals surface area (Å²) in [5, 5.41) is 0. The van der Waals surface area contributed by atoms with Gasteiger partial charge in [0.25, 0.3) is 0 Å². The summed E-state index contributed by atoms with van der Waals surface area (Å²) in [5.41, 5.74) is 2.85. The quantitative estimate of drug-likeness (QED) is 0.534. The van der Waals surface area contributed by atoms with Crippen LogP contribution in [0.5, 0.6) is 0 Å². The predicted molar refractivity (Wildman–Crippen MR) is 112 cm³/mol. The molecule has 0 saturated heterocycles. The highest BCUT2D eigenvalue weighted by atomic mass is 13.9. The molecule has 0 bridgehead atoms. The molecule has 0 aliphatic carbocycles. The van der Waals surface area contributed by atoms with Gasteiger partial charge in [0.2, 0.25) is 0 Å². The van der Waals surface area contributed by atoms with Crippen molar-refractivity contribution in [3.63, 3.8) is 0 Å². The summed E-state index contributed by atoms with van der Waals surface area (Å²) in [4.78, 5) is 0. The lowest BCUT2D eigenvalue weighted by Gasteiger charge is -1.93. The minimum absolute atomic E-state index is 0. The first-order valence-corrected chi connectivity index (χ1v) is 8.44. The molecule has 0 aliphatic heterocycles. The Kier molecular flexibility index (Phi) is 32.5. The molecule has 0 saturated carbocycles. The Morgan fingerprint density at radius 1 is 0.565 bits per heavy atom. The van der Waals surface area contributed by atoms with Crippen molar-refractivity contribution in [2.24, 2.45) is 0 Å². The molecule has 0 aliphatic rings. The standard InChI is InChI=1S/C9H12.C8H10.2C2H6.2CH4/c1-2-6-9-7-4-3-5-8-9;1-2-8-6-4-3-5-7-8;2*1-2;;/h3-5,7-8H,2,6H2,1H3;3-7H,2H2,1H3;2*1-2H3;2*1H4. The Balaban J connectivity index is -0.000000121. The maximum absolute atomic E-state index is 2.20. The molecule has 0 nitrogen and oxygen atoms in total. The van der Waals surface area contributed by atoms with E-state index >= 15 is 0 Å². The summed E-state index contributed by atoms with van der Waals surface area (Å²) < 4.78 is 0. The van der Waals surface area contributed by atoms with E-state index in [2.05, 4.69) is 68.4 Å². The van der Waals surface area contributed by atoms with Gasteiger partial charge in [-0.2, -0.15) is 0 Å². The zero-order valence-electron chi connectivity index (χ0n) is 14.9. The maximum Gasteiger partial charge on any atom is -0.0281 e. The molecule has 0 heterocycles. The molecule has 0 radical (unpaired) electrons. The van der Waals surface area contributed by atoms with E-state index in [9.17, 15) is 0 Å². The van der Waals surface area contributed by atoms with Crippen LogP contribution in [-0.2, 0) is 12.8 Å². The van der Waals surface area contributed by atoms with Crippen LogP contribution in [0.3, 0.4) is 0 Å². The van der Waals surface area contributed by atoms with Crippen molar-refractivity contribution in [2.75, 3.05) is 0 Å². The summed E-state index contributed by atoms with van der Waals surface area (Å²) in [6, 6.07) is 21.0. The second-order valence-corrected chi connectivity index (χ2v) is 4.07. The Hall–Kier alpha value is -1.56. The van der Waals surface area contributed by atoms with Crippen LogP contribution in [0.15, 0.2) is 60.7 Å². The van der Waals surface area contributed by atoms with E-state index in [-0.39, 0.29) is 14.9 Å². The smallest absolute Gasteiger partial charge is 0.0281 e. The highest BCUT2D eigenvalue weighted by molar-refractivity contribution is 5.14. The third-order valence-corrected chi connectivity index (χ3v) is 2.63. The number of rotatable bonds is 3. The van der Waals surface area contributed by atoms with Gasteiger partial charge in [0.05, 0.1) is 0 Å². The van der Waals surface area contributed by atoms with Gasteiger partial charge in [-0.1, -0.05) is 123 Å². The zero-order chi connectivity index (χ0) is 16.3. The van der Waals surface area contributed by atoms with Crippen molar-refractivity contribution in [3.8, 4) is 0 Å². The van der Waals surface area contributed by atoms with Crippen molar-refractivity contribution < 1.29 is 0 Å². The van der Waals surface area contributed by atoms with Crippen LogP contribution in [0.2, 0.25) is 0 Å². The average Bonchev–Trinajstić information content (AvgIpc) is 2.61. The Bertz CT molecular complexity index is 375. The van der Waals surface area contributed by atoms with E-state index < -0.39 is 0 Å². The van der Waals surface area contributed by atoms with Crippen LogP contribution in [0, 0.1) is 0 Å². The van der Waals surface area contributed by atoms with E-state index in [1.807, 2.05) is 33.8 Å². The van der Waals surface area contributed by atoms with Crippen molar-refractivity contribution in [1.29, 1.82) is 0 Å². The molecule has 0 aromatic heterocycles. The third kappa shape index (κ3) is 18.4. The highest BCUT2D eigenvalue weighted by Crippen LogP contribution is 2.00. The second-order valence-electron chi connectivity index (χ2n) is 4.07. The molecule has 0 spiro atoms. The topological polar surface area (TPSA) is 0 Å². The summed E-state index contributed by atoms with van der Waals surface area (Å²) in [6.07, 6.45) is 3.59. The molecule has 2 rings (SSSR count). The van der Waals surface area contributed by atoms with E-state index in [0.717, 1.165) is 6.42 Å². The van der Waals surface area contributed by atoms with E-state index in [1.54, 1.807) is 0 Å². The van der Waals surface area contributed by atoms with E-state index in [4.69, 9.17) is 0 Å². The first-order chi connectivity index (χ1) is 10.4. The molecular weight excluding hydrogens is 276 g/mol. The lowest BCUT2D eigenvalue weighted by molar-refractivity contribution is 0.922. The molecule has 0 unspecified atom stereocenters. The summed E-state index contributed by atoms with van der Waals surface area (Å²) in [5.74, 6) is 0. The van der Waals surface area contributed by atoms with Crippen LogP contribution in [0.4, 0.5) is 0 Å². The van der Waals surface area contributed by atoms with Gasteiger partial charge in [0.1, 0.15) is 0 Å². The predicted octanol–water partition coefficient (Wildman–Crippen LogP) is 8.21. The second kappa shape index (κ2) is 25.4. The average molecular weight is 319 g/mol. The van der Waals surface area contributed by atoms with Gasteiger partial charge in [-0.15, -0.1) is 0 Å². The largest absolute Gasteiger partial charge is 0.0776 e. The fourth-order valence-electron chi connectivity index (χ4n) is 1.65. The molecule has 2 aromatic rings. The lowest BCUT2D eigenvalue weighted by atomic mass is 10.1. The van der Waals surface area contributed by atoms with Gasteiger partial charge in [-0.25, -0.2) is 0 Å². The number of benzene rings is 2. The molecule has 0 heteroatoms. The van der Waals surface area contributed by atoms with Crippen LogP contribution < -0.4 is 0 Å². The molecule has 0 fully saturated rings. The molecule has 2 aromatic carbocycles. The number of hydrogen-bond acceptors (Lipinski definition) is 0. The van der Waals surface area contributed by atoms with Crippen LogP contribution in [0.25, 0.3) is 0 Å². The van der Waals surface area contributed by atoms with Gasteiger partial charge in [0, 0.05) is 0 Å². The normalized spacial score (nSPS) is 7.39. The van der Waals surface area contributed by atoms with Gasteiger partial charge in [0.15, 0.2) is 0 Å². The summed E-state index contributed by atoms with van der Waals surface area (Å²) in [6.45, 7) is 12.4. The van der Waals surface area contributed by atoms with Crippen LogP contribution >= 0.6 is 0 Å². The summed E-state index contributed by atoms with van der Waals surface area (Å²) >= 11 is 0. The fourth-order valence-corrected chi connectivity index (χ4v) is 1.65. The number of aryl methyl sites for hydroxylation is 2. The minimum atomic E-state index is 0. The molecule has 23 heavy (non-hydrogen) atoms. The molecular formula is C23H42. The molecule has 0 amide bonds. The van der Waals surface area contributed by atoms with Crippen molar-refractivity contribution in [3.05, 3.63) is 71.8 Å². The molecule has 0 N–H and O–H groups in total. The van der Waals surface area contributed by atoms with Crippen molar-refractivity contribution in [1.82, 2.24) is 0 Å². The first kappa shape index (κ1) is 29.5. The summed E-state index contributed by atoms with van der Waals surface area (Å²) in [7, 11) is 0.